The predicted octanol–water partition coefficient (Wildman–Crippen LogP) is 6.31. The minimum absolute atomic E-state index is 0.0375. The Balaban J connectivity index is 1.45. The highest BCUT2D eigenvalue weighted by molar-refractivity contribution is 7.89. The lowest BCUT2D eigenvalue weighted by atomic mass is 10.1. The van der Waals surface area contributed by atoms with Crippen LogP contribution >= 0.6 is 0 Å². The number of nitrogens with one attached hydrogen (secondary N) is 2. The fourth-order valence-corrected chi connectivity index (χ4v) is 5.54. The van der Waals surface area contributed by atoms with Crippen molar-refractivity contribution in [3.63, 3.8) is 0 Å². The van der Waals surface area contributed by atoms with Gasteiger partial charge in [0.25, 0.3) is 5.91 Å². The summed E-state index contributed by atoms with van der Waals surface area (Å²) in [5.41, 5.74) is 2.92. The molecule has 1 aromatic heterocycles. The van der Waals surface area contributed by atoms with E-state index in [1.54, 1.807) is 58.9 Å². The highest BCUT2D eigenvalue weighted by atomic mass is 32.2. The smallest absolute Gasteiger partial charge is 0.324 e. The molecule has 9 heteroatoms. The molecule has 2 N–H and O–H groups in total. The summed E-state index contributed by atoms with van der Waals surface area (Å²) in [6, 6.07) is 20.0. The molecule has 0 saturated heterocycles. The summed E-state index contributed by atoms with van der Waals surface area (Å²) in [7, 11) is -3.97. The van der Waals surface area contributed by atoms with Crippen molar-refractivity contribution >= 4 is 38.6 Å². The van der Waals surface area contributed by atoms with Crippen LogP contribution in [0.4, 0.5) is 5.69 Å². The molecule has 0 spiro atoms. The van der Waals surface area contributed by atoms with Gasteiger partial charge in [-0.2, -0.15) is 4.72 Å². The zero-order valence-corrected chi connectivity index (χ0v) is 24.3. The number of benzene rings is 3. The van der Waals surface area contributed by atoms with Crippen molar-refractivity contribution < 1.29 is 27.2 Å². The Morgan fingerprint density at radius 3 is 2.00 bits per heavy atom. The Bertz CT molecular complexity index is 1630. The molecule has 1 heterocycles. The van der Waals surface area contributed by atoms with E-state index >= 15 is 0 Å². The standard InChI is InChI=1S/C31H34N2O6S/c1-19(2)27(30(35)39-31(4,5)6)33-40(36,37)24-17-13-22(14-18-24)21-11-15-23(16-12-21)32-29(34)28-20(3)25-9-7-8-10-26(25)38-28/h7-19,27,33H,1-6H3,(H,32,34). The van der Waals surface area contributed by atoms with E-state index in [0.717, 1.165) is 22.1 Å². The van der Waals surface area contributed by atoms with Crippen LogP contribution in [0.25, 0.3) is 22.1 Å². The summed E-state index contributed by atoms with van der Waals surface area (Å²) >= 11 is 0. The molecule has 0 saturated carbocycles. The number of carbonyl (C=O) groups is 2. The van der Waals surface area contributed by atoms with Gasteiger partial charge in [-0.3, -0.25) is 9.59 Å². The molecule has 40 heavy (non-hydrogen) atoms. The number of sulfonamides is 1. The second-order valence-electron chi connectivity index (χ2n) is 11.0. The molecule has 0 aliphatic heterocycles. The molecule has 3 aromatic carbocycles. The SMILES string of the molecule is Cc1c(C(=O)Nc2ccc(-c3ccc(S(=O)(=O)NC(C(=O)OC(C)(C)C)C(C)C)cc3)cc2)oc2ccccc12. The van der Waals surface area contributed by atoms with Crippen molar-refractivity contribution in [3.05, 3.63) is 84.1 Å². The minimum atomic E-state index is -3.97. The Morgan fingerprint density at radius 2 is 1.45 bits per heavy atom. The third-order valence-electron chi connectivity index (χ3n) is 6.30. The van der Waals surface area contributed by atoms with E-state index in [1.165, 1.54) is 12.1 Å². The average Bonchev–Trinajstić information content (AvgIpc) is 3.23. The van der Waals surface area contributed by atoms with E-state index in [-0.39, 0.29) is 22.5 Å². The number of rotatable bonds is 8. The number of esters is 1. The van der Waals surface area contributed by atoms with E-state index in [4.69, 9.17) is 9.15 Å². The first kappa shape index (κ1) is 29.0. The van der Waals surface area contributed by atoms with E-state index in [2.05, 4.69) is 10.0 Å². The van der Waals surface area contributed by atoms with Gasteiger partial charge in [-0.15, -0.1) is 0 Å². The van der Waals surface area contributed by atoms with Crippen LogP contribution in [0.3, 0.4) is 0 Å². The molecule has 1 atom stereocenters. The lowest BCUT2D eigenvalue weighted by molar-refractivity contribution is -0.158. The number of anilines is 1. The van der Waals surface area contributed by atoms with Crippen LogP contribution in [0.2, 0.25) is 0 Å². The number of furan rings is 1. The Labute approximate surface area is 234 Å². The zero-order valence-electron chi connectivity index (χ0n) is 23.4. The first-order valence-corrected chi connectivity index (χ1v) is 14.5. The van der Waals surface area contributed by atoms with Gasteiger partial charge in [0.05, 0.1) is 4.90 Å². The average molecular weight is 563 g/mol. The van der Waals surface area contributed by atoms with Gasteiger partial charge in [-0.25, -0.2) is 8.42 Å². The third kappa shape index (κ3) is 6.60. The molecule has 4 rings (SSSR count). The van der Waals surface area contributed by atoms with Gasteiger partial charge in [-0.05, 0) is 75.1 Å². The van der Waals surface area contributed by atoms with Crippen molar-refractivity contribution in [2.45, 2.75) is 58.1 Å². The summed E-state index contributed by atoms with van der Waals surface area (Å²) in [6.45, 7) is 10.6. The van der Waals surface area contributed by atoms with Crippen molar-refractivity contribution in [2.75, 3.05) is 5.32 Å². The summed E-state index contributed by atoms with van der Waals surface area (Å²) in [4.78, 5) is 25.5. The van der Waals surface area contributed by atoms with E-state index in [9.17, 15) is 18.0 Å². The maximum absolute atomic E-state index is 13.0. The molecule has 0 aliphatic rings. The lowest BCUT2D eigenvalue weighted by Gasteiger charge is -2.26. The van der Waals surface area contributed by atoms with Gasteiger partial charge in [0, 0.05) is 16.6 Å². The topological polar surface area (TPSA) is 115 Å². The maximum Gasteiger partial charge on any atom is 0.324 e. The van der Waals surface area contributed by atoms with Crippen molar-refractivity contribution in [1.82, 2.24) is 4.72 Å². The van der Waals surface area contributed by atoms with Crippen molar-refractivity contribution in [1.29, 1.82) is 0 Å². The molecule has 0 aliphatic carbocycles. The Kier molecular flexibility index (Phi) is 8.18. The normalized spacial score (nSPS) is 12.9. The fourth-order valence-electron chi connectivity index (χ4n) is 4.21. The summed E-state index contributed by atoms with van der Waals surface area (Å²) in [6.07, 6.45) is 0. The van der Waals surface area contributed by atoms with Crippen LogP contribution < -0.4 is 10.0 Å². The van der Waals surface area contributed by atoms with Crippen molar-refractivity contribution in [2.24, 2.45) is 5.92 Å². The molecule has 1 amide bonds. The maximum atomic E-state index is 13.0. The zero-order chi connectivity index (χ0) is 29.2. The molecule has 210 valence electrons. The number of hydrogen-bond acceptors (Lipinski definition) is 6. The molecule has 0 radical (unpaired) electrons. The number of amides is 1. The molecular formula is C31H34N2O6S. The fraction of sp³-hybridized carbons (Fsp3) is 0.290. The van der Waals surface area contributed by atoms with Crippen LogP contribution in [0, 0.1) is 12.8 Å². The van der Waals surface area contributed by atoms with Gasteiger partial charge < -0.3 is 14.5 Å². The second kappa shape index (κ2) is 11.3. The van der Waals surface area contributed by atoms with Crippen LogP contribution in [0.5, 0.6) is 0 Å². The van der Waals surface area contributed by atoms with E-state index in [0.29, 0.717) is 11.3 Å². The van der Waals surface area contributed by atoms with Crippen LogP contribution in [-0.4, -0.2) is 31.9 Å². The highest BCUT2D eigenvalue weighted by Gasteiger charge is 2.32. The monoisotopic (exact) mass is 562 g/mol. The first-order valence-electron chi connectivity index (χ1n) is 13.0. The van der Waals surface area contributed by atoms with Gasteiger partial charge >= 0.3 is 5.97 Å². The number of fused-ring (bicyclic) bond motifs is 1. The van der Waals surface area contributed by atoms with Crippen molar-refractivity contribution in [3.8, 4) is 11.1 Å². The van der Waals surface area contributed by atoms with E-state index < -0.39 is 27.6 Å². The highest BCUT2D eigenvalue weighted by Crippen LogP contribution is 2.27. The lowest BCUT2D eigenvalue weighted by Crippen LogP contribution is -2.47. The summed E-state index contributed by atoms with van der Waals surface area (Å²) in [5, 5.41) is 3.76. The van der Waals surface area contributed by atoms with Crippen LogP contribution in [0.1, 0.15) is 50.7 Å². The molecular weight excluding hydrogens is 528 g/mol. The third-order valence-corrected chi connectivity index (χ3v) is 7.76. The van der Waals surface area contributed by atoms with Gasteiger partial charge in [0.1, 0.15) is 17.2 Å². The van der Waals surface area contributed by atoms with E-state index in [1.807, 2.05) is 43.3 Å². The molecule has 4 aromatic rings. The number of aryl methyl sites for hydroxylation is 1. The molecule has 8 nitrogen and oxygen atoms in total. The molecule has 1 unspecified atom stereocenters. The minimum Gasteiger partial charge on any atom is -0.459 e. The quantitative estimate of drug-likeness (QED) is 0.243. The summed E-state index contributed by atoms with van der Waals surface area (Å²) < 4.78 is 39.7. The number of hydrogen-bond donors (Lipinski definition) is 2. The molecule has 0 fully saturated rings. The first-order chi connectivity index (χ1) is 18.7. The molecule has 0 bridgehead atoms. The van der Waals surface area contributed by atoms with Gasteiger partial charge in [-0.1, -0.05) is 56.3 Å². The number of para-hydroxylation sites is 1. The predicted molar refractivity (Wildman–Crippen MR) is 156 cm³/mol. The van der Waals surface area contributed by atoms with Gasteiger partial charge in [0.15, 0.2) is 5.76 Å². The number of ether oxygens (including phenoxy) is 1. The largest absolute Gasteiger partial charge is 0.459 e. The van der Waals surface area contributed by atoms with Crippen LogP contribution in [0.15, 0.2) is 82.1 Å². The Morgan fingerprint density at radius 1 is 0.875 bits per heavy atom. The Hall–Kier alpha value is -3.95. The second-order valence-corrected chi connectivity index (χ2v) is 12.7. The van der Waals surface area contributed by atoms with Crippen LogP contribution in [-0.2, 0) is 19.6 Å². The van der Waals surface area contributed by atoms with Gasteiger partial charge in [0.2, 0.25) is 10.0 Å². The number of carbonyl (C=O) groups excluding carboxylic acids is 2. The summed E-state index contributed by atoms with van der Waals surface area (Å²) in [5.74, 6) is -0.999.